The molecule has 78 valence electrons. The zero-order chi connectivity index (χ0) is 10.9. The van der Waals surface area contributed by atoms with Crippen molar-refractivity contribution in [3.8, 4) is 0 Å². The van der Waals surface area contributed by atoms with Gasteiger partial charge in [0, 0.05) is 5.56 Å². The van der Waals surface area contributed by atoms with E-state index in [-0.39, 0.29) is 12.1 Å². The fourth-order valence-corrected chi connectivity index (χ4v) is 1.15. The largest absolute Gasteiger partial charge is 0.416 e. The molecule has 0 N–H and O–H groups in total. The lowest BCUT2D eigenvalue weighted by Crippen LogP contribution is -2.07. The van der Waals surface area contributed by atoms with E-state index in [4.69, 9.17) is 11.6 Å². The molecule has 0 nitrogen and oxygen atoms in total. The molecule has 0 aliphatic carbocycles. The van der Waals surface area contributed by atoms with Gasteiger partial charge in [-0.2, -0.15) is 13.2 Å². The Balaban J connectivity index is 3.28. The van der Waals surface area contributed by atoms with Crippen molar-refractivity contribution in [3.05, 3.63) is 34.9 Å². The molecule has 0 aromatic heterocycles. The molecule has 0 saturated carbocycles. The quantitative estimate of drug-likeness (QED) is 0.509. The number of hydrogen-bond acceptors (Lipinski definition) is 0. The third-order valence-corrected chi connectivity index (χ3v) is 1.87. The van der Waals surface area contributed by atoms with Crippen LogP contribution in [-0.4, -0.2) is 0 Å². The van der Waals surface area contributed by atoms with Crippen LogP contribution in [-0.2, 0) is 12.1 Å². The minimum absolute atomic E-state index is 0.223. The van der Waals surface area contributed by atoms with Crippen molar-refractivity contribution in [2.24, 2.45) is 0 Å². The molecule has 0 aliphatic rings. The summed E-state index contributed by atoms with van der Waals surface area (Å²) in [6.45, 7) is 0. The third-order valence-electron chi connectivity index (χ3n) is 1.60. The van der Waals surface area contributed by atoms with Crippen LogP contribution < -0.4 is 0 Å². The van der Waals surface area contributed by atoms with Crippen LogP contribution in [0.15, 0.2) is 12.1 Å². The Morgan fingerprint density at radius 3 is 1.79 bits per heavy atom. The maximum absolute atomic E-state index is 12.8. The Morgan fingerprint density at radius 2 is 1.50 bits per heavy atom. The minimum atomic E-state index is -4.76. The van der Waals surface area contributed by atoms with Gasteiger partial charge in [-0.3, -0.25) is 0 Å². The van der Waals surface area contributed by atoms with Crippen LogP contribution in [0, 0.1) is 11.6 Å². The fraction of sp³-hybridized carbons (Fsp3) is 0.250. The van der Waals surface area contributed by atoms with E-state index in [0.29, 0.717) is 0 Å². The Morgan fingerprint density at radius 1 is 1.07 bits per heavy atom. The number of alkyl halides is 4. The molecule has 14 heavy (non-hydrogen) atoms. The van der Waals surface area contributed by atoms with Crippen LogP contribution in [0.5, 0.6) is 0 Å². The number of benzene rings is 1. The predicted octanol–water partition coefficient (Wildman–Crippen LogP) is 3.72. The molecule has 0 aliphatic heterocycles. The fourth-order valence-electron chi connectivity index (χ4n) is 0.894. The van der Waals surface area contributed by atoms with Crippen LogP contribution in [0.25, 0.3) is 0 Å². The highest BCUT2D eigenvalue weighted by Crippen LogP contribution is 2.31. The summed E-state index contributed by atoms with van der Waals surface area (Å²) in [7, 11) is 0. The van der Waals surface area contributed by atoms with Crippen molar-refractivity contribution in [2.75, 3.05) is 0 Å². The van der Waals surface area contributed by atoms with E-state index in [9.17, 15) is 22.0 Å². The molecule has 0 amide bonds. The van der Waals surface area contributed by atoms with Crippen molar-refractivity contribution < 1.29 is 22.0 Å². The Labute approximate surface area is 81.3 Å². The summed E-state index contributed by atoms with van der Waals surface area (Å²) in [6.07, 6.45) is -4.76. The Kier molecular flexibility index (Phi) is 2.99. The van der Waals surface area contributed by atoms with E-state index in [0.717, 1.165) is 0 Å². The predicted molar refractivity (Wildman–Crippen MR) is 40.9 cm³/mol. The molecule has 0 fully saturated rings. The highest BCUT2D eigenvalue weighted by Gasteiger charge is 2.32. The molecule has 0 radical (unpaired) electrons. The molecular weight excluding hydrogens is 227 g/mol. The minimum Gasteiger partial charge on any atom is -0.207 e. The van der Waals surface area contributed by atoms with Crippen LogP contribution in [0.1, 0.15) is 11.1 Å². The average molecular weight is 231 g/mol. The van der Waals surface area contributed by atoms with Gasteiger partial charge in [-0.1, -0.05) is 0 Å². The van der Waals surface area contributed by atoms with E-state index in [1.807, 2.05) is 0 Å². The topological polar surface area (TPSA) is 0 Å². The Hall–Kier alpha value is -0.840. The average Bonchev–Trinajstić information content (AvgIpc) is 2.01. The molecule has 0 unspecified atom stereocenters. The van der Waals surface area contributed by atoms with Crippen molar-refractivity contribution in [1.82, 2.24) is 0 Å². The molecule has 1 aromatic rings. The van der Waals surface area contributed by atoms with Gasteiger partial charge < -0.3 is 0 Å². The monoisotopic (exact) mass is 230 g/mol. The number of rotatable bonds is 1. The second kappa shape index (κ2) is 3.73. The first-order chi connectivity index (χ1) is 6.36. The van der Waals surface area contributed by atoms with Gasteiger partial charge in [-0.05, 0) is 12.1 Å². The summed E-state index contributed by atoms with van der Waals surface area (Å²) in [4.78, 5) is 0. The summed E-state index contributed by atoms with van der Waals surface area (Å²) in [5.41, 5.74) is -1.92. The second-order valence-corrected chi connectivity index (χ2v) is 2.82. The zero-order valence-electron chi connectivity index (χ0n) is 6.63. The number of hydrogen-bond donors (Lipinski definition) is 0. The Bertz CT molecular complexity index is 321. The van der Waals surface area contributed by atoms with Crippen molar-refractivity contribution >= 4 is 11.6 Å². The van der Waals surface area contributed by atoms with E-state index < -0.39 is 34.8 Å². The first-order valence-corrected chi connectivity index (χ1v) is 4.00. The third kappa shape index (κ3) is 2.15. The lowest BCUT2D eigenvalue weighted by Gasteiger charge is -2.08. The molecular formula is C8H4ClF5. The van der Waals surface area contributed by atoms with Gasteiger partial charge in [-0.25, -0.2) is 8.78 Å². The maximum atomic E-state index is 12.8. The van der Waals surface area contributed by atoms with Crippen LogP contribution in [0.3, 0.4) is 0 Å². The van der Waals surface area contributed by atoms with Crippen LogP contribution in [0.2, 0.25) is 0 Å². The molecule has 0 saturated heterocycles. The lowest BCUT2D eigenvalue weighted by atomic mass is 10.1. The van der Waals surface area contributed by atoms with Gasteiger partial charge in [0.2, 0.25) is 0 Å². The van der Waals surface area contributed by atoms with Crippen LogP contribution in [0.4, 0.5) is 22.0 Å². The molecule has 1 aromatic carbocycles. The highest BCUT2D eigenvalue weighted by molar-refractivity contribution is 6.17. The summed E-state index contributed by atoms with van der Waals surface area (Å²) >= 11 is 5.14. The summed E-state index contributed by atoms with van der Waals surface area (Å²) < 4.78 is 61.7. The normalized spacial score (nSPS) is 11.9. The molecule has 0 spiro atoms. The molecule has 6 heteroatoms. The molecule has 1 rings (SSSR count). The first kappa shape index (κ1) is 11.2. The number of halogens is 6. The van der Waals surface area contributed by atoms with Gasteiger partial charge in [-0.15, -0.1) is 11.6 Å². The standard InChI is InChI=1S/C8H4ClF5/c9-3-5-6(10)1-4(2-7(5)11)8(12,13)14/h1-2H,3H2. The lowest BCUT2D eigenvalue weighted by molar-refractivity contribution is -0.138. The van der Waals surface area contributed by atoms with Gasteiger partial charge in [0.05, 0.1) is 11.4 Å². The van der Waals surface area contributed by atoms with E-state index in [1.165, 1.54) is 0 Å². The van der Waals surface area contributed by atoms with Crippen LogP contribution >= 0.6 is 11.6 Å². The molecule has 0 atom stereocenters. The van der Waals surface area contributed by atoms with Crippen molar-refractivity contribution in [3.63, 3.8) is 0 Å². The van der Waals surface area contributed by atoms with Gasteiger partial charge in [0.15, 0.2) is 0 Å². The second-order valence-electron chi connectivity index (χ2n) is 2.55. The summed E-state index contributed by atoms with van der Waals surface area (Å²) in [5, 5.41) is 0. The smallest absolute Gasteiger partial charge is 0.207 e. The van der Waals surface area contributed by atoms with Crippen molar-refractivity contribution in [1.29, 1.82) is 0 Å². The summed E-state index contributed by atoms with van der Waals surface area (Å²) in [6, 6.07) is 0.446. The zero-order valence-corrected chi connectivity index (χ0v) is 7.39. The maximum Gasteiger partial charge on any atom is 0.416 e. The highest BCUT2D eigenvalue weighted by atomic mass is 35.5. The van der Waals surface area contributed by atoms with E-state index in [1.54, 1.807) is 0 Å². The van der Waals surface area contributed by atoms with E-state index in [2.05, 4.69) is 0 Å². The first-order valence-electron chi connectivity index (χ1n) is 3.47. The SMILES string of the molecule is Fc1cc(C(F)(F)F)cc(F)c1CCl. The van der Waals surface area contributed by atoms with Gasteiger partial charge in [0.25, 0.3) is 0 Å². The molecule has 0 heterocycles. The van der Waals surface area contributed by atoms with Crippen molar-refractivity contribution in [2.45, 2.75) is 12.1 Å². The van der Waals surface area contributed by atoms with E-state index >= 15 is 0 Å². The van der Waals surface area contributed by atoms with Gasteiger partial charge >= 0.3 is 6.18 Å². The molecule has 0 bridgehead atoms. The van der Waals surface area contributed by atoms with Gasteiger partial charge in [0.1, 0.15) is 11.6 Å². The summed E-state index contributed by atoms with van der Waals surface area (Å²) in [5.74, 6) is -3.07.